The van der Waals surface area contributed by atoms with Gasteiger partial charge in [0.05, 0.1) is 30.7 Å². The number of hydrogen-bond donors (Lipinski definition) is 1. The van der Waals surface area contributed by atoms with E-state index >= 15 is 0 Å². The SMILES string of the molecule is C#C[C@@]1(OC(C)=O)[C@@H](COC(Cc2ccccc2)(C(=O)OCC)c2cscn2)O[C@@H](n2cnc3c(NC(C)C)nc(Cl)nc32)[C@@H]1OC(C)=O. The molecular formula is C33H35ClN6O8S. The van der Waals surface area contributed by atoms with Crippen LogP contribution in [0.15, 0.2) is 47.5 Å². The van der Waals surface area contributed by atoms with Gasteiger partial charge in [-0.05, 0) is 37.9 Å². The maximum Gasteiger partial charge on any atom is 0.345 e. The predicted molar refractivity (Wildman–Crippen MR) is 178 cm³/mol. The van der Waals surface area contributed by atoms with E-state index in [4.69, 9.17) is 41.7 Å². The fraction of sp³-hybridized carbons (Fsp3) is 0.424. The van der Waals surface area contributed by atoms with Crippen molar-refractivity contribution in [1.82, 2.24) is 24.5 Å². The Morgan fingerprint density at radius 2 is 1.94 bits per heavy atom. The van der Waals surface area contributed by atoms with Crippen LogP contribution in [-0.4, -0.2) is 79.5 Å². The molecule has 3 aromatic heterocycles. The molecule has 5 rings (SSSR count). The number of carbonyl (C=O) groups is 3. The van der Waals surface area contributed by atoms with Crippen LogP contribution in [0.3, 0.4) is 0 Å². The number of rotatable bonds is 13. The topological polar surface area (TPSA) is 166 Å². The third-order valence-electron chi connectivity index (χ3n) is 7.62. The van der Waals surface area contributed by atoms with Crippen LogP contribution >= 0.6 is 22.9 Å². The molecule has 1 saturated heterocycles. The number of halogens is 1. The summed E-state index contributed by atoms with van der Waals surface area (Å²) < 4.78 is 31.6. The number of aromatic nitrogens is 5. The Hall–Kier alpha value is -4.62. The number of imidazole rings is 1. The van der Waals surface area contributed by atoms with Gasteiger partial charge >= 0.3 is 17.9 Å². The Kier molecular flexibility index (Phi) is 10.8. The minimum absolute atomic E-state index is 0.0244. The minimum atomic E-state index is -2.05. The minimum Gasteiger partial charge on any atom is -0.464 e. The zero-order chi connectivity index (χ0) is 35.3. The lowest BCUT2D eigenvalue weighted by Crippen LogP contribution is -2.54. The second-order valence-electron chi connectivity index (χ2n) is 11.4. The number of fused-ring (bicyclic) bond motifs is 1. The quantitative estimate of drug-likeness (QED) is 0.0907. The van der Waals surface area contributed by atoms with E-state index in [1.165, 1.54) is 29.2 Å². The van der Waals surface area contributed by atoms with E-state index in [-0.39, 0.29) is 30.0 Å². The highest BCUT2D eigenvalue weighted by Gasteiger charge is 2.63. The zero-order valence-corrected chi connectivity index (χ0v) is 29.0. The number of nitrogens with one attached hydrogen (secondary N) is 1. The summed E-state index contributed by atoms with van der Waals surface area (Å²) in [6.07, 6.45) is 3.54. The van der Waals surface area contributed by atoms with Gasteiger partial charge in [0.15, 0.2) is 23.2 Å². The number of nitrogens with zero attached hydrogens (tertiary/aromatic N) is 5. The Morgan fingerprint density at radius 3 is 2.55 bits per heavy atom. The first-order valence-corrected chi connectivity index (χ1v) is 16.7. The molecule has 0 amide bonds. The van der Waals surface area contributed by atoms with Crippen molar-refractivity contribution in [3.63, 3.8) is 0 Å². The van der Waals surface area contributed by atoms with E-state index < -0.39 is 54.2 Å². The second kappa shape index (κ2) is 14.9. The van der Waals surface area contributed by atoms with Crippen LogP contribution in [0, 0.1) is 12.3 Å². The maximum absolute atomic E-state index is 13.9. The molecule has 49 heavy (non-hydrogen) atoms. The summed E-state index contributed by atoms with van der Waals surface area (Å²) in [5, 5.41) is 4.77. The third-order valence-corrected chi connectivity index (χ3v) is 8.37. The van der Waals surface area contributed by atoms with E-state index in [9.17, 15) is 14.4 Å². The first kappa shape index (κ1) is 35.7. The highest BCUT2D eigenvalue weighted by Crippen LogP contribution is 2.44. The van der Waals surface area contributed by atoms with Crippen molar-refractivity contribution in [2.24, 2.45) is 0 Å². The normalized spacial score (nSPS) is 21.6. The predicted octanol–water partition coefficient (Wildman–Crippen LogP) is 4.24. The van der Waals surface area contributed by atoms with Crippen molar-refractivity contribution >= 4 is 57.8 Å². The molecule has 5 atom stereocenters. The van der Waals surface area contributed by atoms with E-state index in [1.54, 1.807) is 17.8 Å². The fourth-order valence-electron chi connectivity index (χ4n) is 5.66. The van der Waals surface area contributed by atoms with Crippen molar-refractivity contribution in [3.8, 4) is 12.3 Å². The van der Waals surface area contributed by atoms with Gasteiger partial charge in [-0.25, -0.2) is 14.8 Å². The standard InChI is InChI=1S/C33H35ClN6O8S/c1-7-32(48-21(6)42)24(15-45-33(30(43)44-8-2,23-16-49-18-36-23)14-22-12-10-9-11-13-22)47-29(26(32)46-20(5)41)40-17-35-25-27(37-19(3)4)38-31(34)39-28(25)40/h1,9-13,16-19,24,26,29H,8,14-15H2,2-6H3,(H,37,38,39)/t24-,26+,29-,32-,33?/m1/s1. The number of ether oxygens (including phenoxy) is 5. The van der Waals surface area contributed by atoms with E-state index in [0.29, 0.717) is 17.0 Å². The first-order chi connectivity index (χ1) is 23.4. The average Bonchev–Trinajstić information content (AvgIpc) is 3.79. The van der Waals surface area contributed by atoms with Crippen LogP contribution in [0.2, 0.25) is 5.28 Å². The monoisotopic (exact) mass is 710 g/mol. The van der Waals surface area contributed by atoms with Gasteiger partial charge in [0.25, 0.3) is 0 Å². The van der Waals surface area contributed by atoms with Gasteiger partial charge < -0.3 is 29.0 Å². The summed E-state index contributed by atoms with van der Waals surface area (Å²) >= 11 is 7.58. The molecule has 1 aliphatic rings. The molecule has 4 heterocycles. The van der Waals surface area contributed by atoms with Crippen LogP contribution in [0.25, 0.3) is 11.2 Å². The van der Waals surface area contributed by atoms with E-state index in [2.05, 4.69) is 31.2 Å². The molecule has 1 unspecified atom stereocenters. The van der Waals surface area contributed by atoms with Gasteiger partial charge in [-0.3, -0.25) is 14.2 Å². The van der Waals surface area contributed by atoms with Gasteiger partial charge in [-0.2, -0.15) is 9.97 Å². The molecule has 1 N–H and O–H groups in total. The molecule has 0 spiro atoms. The molecule has 0 bridgehead atoms. The molecule has 1 aromatic carbocycles. The summed E-state index contributed by atoms with van der Waals surface area (Å²) in [5.41, 5.74) is -0.650. The molecular weight excluding hydrogens is 676 g/mol. The van der Waals surface area contributed by atoms with E-state index in [1.807, 2.05) is 44.2 Å². The molecule has 4 aromatic rings. The second-order valence-corrected chi connectivity index (χ2v) is 12.5. The number of benzene rings is 1. The largest absolute Gasteiger partial charge is 0.464 e. The first-order valence-electron chi connectivity index (χ1n) is 15.3. The highest BCUT2D eigenvalue weighted by molar-refractivity contribution is 7.07. The summed E-state index contributed by atoms with van der Waals surface area (Å²) in [4.78, 5) is 56.6. The molecule has 258 valence electrons. The smallest absolute Gasteiger partial charge is 0.345 e. The Labute approximate surface area is 291 Å². The number of terminal acetylenes is 1. The number of hydrogen-bond acceptors (Lipinski definition) is 14. The molecule has 0 radical (unpaired) electrons. The van der Waals surface area contributed by atoms with Gasteiger partial charge in [0, 0.05) is 31.7 Å². The molecule has 16 heteroatoms. The lowest BCUT2D eigenvalue weighted by Gasteiger charge is -2.35. The summed E-state index contributed by atoms with van der Waals surface area (Å²) in [7, 11) is 0. The number of esters is 3. The Balaban J connectivity index is 1.63. The van der Waals surface area contributed by atoms with Gasteiger partial charge in [0.1, 0.15) is 6.10 Å². The molecule has 1 aliphatic heterocycles. The summed E-state index contributed by atoms with van der Waals surface area (Å²) in [5.74, 6) is 0.654. The van der Waals surface area contributed by atoms with Crippen LogP contribution < -0.4 is 5.32 Å². The Morgan fingerprint density at radius 1 is 1.18 bits per heavy atom. The van der Waals surface area contributed by atoms with Crippen LogP contribution in [-0.2, 0) is 50.1 Å². The molecule has 0 saturated carbocycles. The maximum atomic E-state index is 13.9. The van der Waals surface area contributed by atoms with Crippen molar-refractivity contribution < 1.29 is 38.1 Å². The molecule has 14 nitrogen and oxygen atoms in total. The van der Waals surface area contributed by atoms with Crippen LogP contribution in [0.1, 0.15) is 52.1 Å². The van der Waals surface area contributed by atoms with Gasteiger partial charge in [-0.1, -0.05) is 36.3 Å². The van der Waals surface area contributed by atoms with Crippen LogP contribution in [0.4, 0.5) is 5.82 Å². The fourth-order valence-corrected chi connectivity index (χ4v) is 6.44. The van der Waals surface area contributed by atoms with Gasteiger partial charge in [0.2, 0.25) is 22.6 Å². The van der Waals surface area contributed by atoms with Crippen molar-refractivity contribution in [3.05, 3.63) is 64.1 Å². The lowest BCUT2D eigenvalue weighted by atomic mass is 9.89. The average molecular weight is 711 g/mol. The van der Waals surface area contributed by atoms with Gasteiger partial charge in [-0.15, -0.1) is 17.8 Å². The lowest BCUT2D eigenvalue weighted by molar-refractivity contribution is -0.190. The summed E-state index contributed by atoms with van der Waals surface area (Å²) in [6, 6.07) is 9.17. The molecule has 1 fully saturated rings. The molecule has 0 aliphatic carbocycles. The van der Waals surface area contributed by atoms with Crippen molar-refractivity contribution in [1.29, 1.82) is 0 Å². The third kappa shape index (κ3) is 7.23. The van der Waals surface area contributed by atoms with Crippen molar-refractivity contribution in [2.75, 3.05) is 18.5 Å². The highest BCUT2D eigenvalue weighted by atomic mass is 35.5. The Bertz CT molecular complexity index is 1850. The number of thiazole rings is 1. The zero-order valence-electron chi connectivity index (χ0n) is 27.4. The summed E-state index contributed by atoms with van der Waals surface area (Å²) in [6.45, 7) is 7.47. The van der Waals surface area contributed by atoms with E-state index in [0.717, 1.165) is 12.5 Å². The van der Waals surface area contributed by atoms with Crippen LogP contribution in [0.5, 0.6) is 0 Å². The number of anilines is 1. The number of carbonyl (C=O) groups excluding carboxylic acids is 3. The van der Waals surface area contributed by atoms with Crippen molar-refractivity contribution in [2.45, 2.75) is 76.7 Å².